The predicted molar refractivity (Wildman–Crippen MR) is 55.9 cm³/mol. The zero-order chi connectivity index (χ0) is 10.7. The summed E-state index contributed by atoms with van der Waals surface area (Å²) in [6.45, 7) is 0. The van der Waals surface area contributed by atoms with Crippen LogP contribution in [0.15, 0.2) is 36.8 Å². The van der Waals surface area contributed by atoms with Gasteiger partial charge in [0.15, 0.2) is 0 Å². The molecule has 2 rings (SSSR count). The number of nitrogens with one attached hydrogen (secondary N) is 1. The molecular formula is C9H7ClN4O. The van der Waals surface area contributed by atoms with E-state index in [0.717, 1.165) is 0 Å². The summed E-state index contributed by atoms with van der Waals surface area (Å²) in [5.41, 5.74) is 0. The summed E-state index contributed by atoms with van der Waals surface area (Å²) in [4.78, 5) is 19.1. The van der Waals surface area contributed by atoms with E-state index in [1.54, 1.807) is 30.6 Å². The minimum absolute atomic E-state index is 0.0975. The van der Waals surface area contributed by atoms with Gasteiger partial charge in [-0.1, -0.05) is 0 Å². The molecule has 0 aliphatic rings. The van der Waals surface area contributed by atoms with E-state index in [4.69, 9.17) is 11.6 Å². The van der Waals surface area contributed by atoms with Crippen molar-refractivity contribution in [3.63, 3.8) is 0 Å². The van der Waals surface area contributed by atoms with Crippen LogP contribution in [0.3, 0.4) is 0 Å². The first kappa shape index (κ1) is 9.67. The second-order valence-corrected chi connectivity index (χ2v) is 3.07. The van der Waals surface area contributed by atoms with Gasteiger partial charge in [0, 0.05) is 18.6 Å². The highest BCUT2D eigenvalue weighted by Gasteiger charge is 2.04. The smallest absolute Gasteiger partial charge is 0.291 e. The van der Waals surface area contributed by atoms with Crippen LogP contribution in [0.1, 0.15) is 0 Å². The molecule has 1 amide bonds. The number of carbonyl (C=O) groups excluding carboxylic acids is 1. The molecule has 5 nitrogen and oxygen atoms in total. The molecule has 1 N–H and O–H groups in total. The number of anilines is 1. The van der Waals surface area contributed by atoms with Crippen LogP contribution in [0.25, 0.3) is 0 Å². The lowest BCUT2D eigenvalue weighted by atomic mass is 10.6. The Bertz CT molecular complexity index is 469. The molecule has 15 heavy (non-hydrogen) atoms. The summed E-state index contributed by atoms with van der Waals surface area (Å²) in [5, 5.41) is 2.67. The monoisotopic (exact) mass is 222 g/mol. The van der Waals surface area contributed by atoms with Crippen LogP contribution >= 0.6 is 11.6 Å². The third-order valence-corrected chi connectivity index (χ3v) is 1.88. The van der Waals surface area contributed by atoms with E-state index in [9.17, 15) is 4.79 Å². The lowest BCUT2D eigenvalue weighted by molar-refractivity contribution is 0.253. The minimum atomic E-state index is -0.297. The van der Waals surface area contributed by atoms with Crippen LogP contribution in [0, 0.1) is 0 Å². The van der Waals surface area contributed by atoms with Gasteiger partial charge in [0.2, 0.25) is 5.28 Å². The van der Waals surface area contributed by atoms with Crippen LogP contribution in [0.5, 0.6) is 0 Å². The Hall–Kier alpha value is -1.88. The van der Waals surface area contributed by atoms with Gasteiger partial charge < -0.3 is 0 Å². The molecule has 0 aliphatic carbocycles. The van der Waals surface area contributed by atoms with Crippen LogP contribution in [-0.2, 0) is 0 Å². The Morgan fingerprint density at radius 3 is 2.80 bits per heavy atom. The van der Waals surface area contributed by atoms with Gasteiger partial charge in [-0.3, -0.25) is 9.88 Å². The fourth-order valence-electron chi connectivity index (χ4n) is 1.05. The predicted octanol–water partition coefficient (Wildman–Crippen LogP) is 2.01. The number of rotatable bonds is 1. The number of aromatic nitrogens is 3. The van der Waals surface area contributed by atoms with Gasteiger partial charge in [-0.25, -0.2) is 14.8 Å². The number of nitrogens with zero attached hydrogens (tertiary/aromatic N) is 3. The van der Waals surface area contributed by atoms with Gasteiger partial charge >= 0.3 is 6.03 Å². The second kappa shape index (κ2) is 4.10. The topological polar surface area (TPSA) is 59.8 Å². The summed E-state index contributed by atoms with van der Waals surface area (Å²) in [7, 11) is 0. The first-order chi connectivity index (χ1) is 7.25. The van der Waals surface area contributed by atoms with E-state index < -0.39 is 0 Å². The maximum atomic E-state index is 11.5. The van der Waals surface area contributed by atoms with E-state index in [1.165, 1.54) is 10.8 Å². The van der Waals surface area contributed by atoms with Gasteiger partial charge in [0.25, 0.3) is 0 Å². The maximum Gasteiger partial charge on any atom is 0.331 e. The molecule has 0 radical (unpaired) electrons. The largest absolute Gasteiger partial charge is 0.331 e. The molecule has 0 spiro atoms. The maximum absolute atomic E-state index is 11.5. The summed E-state index contributed by atoms with van der Waals surface area (Å²) in [5.74, 6) is 0.369. The molecule has 0 fully saturated rings. The Kier molecular flexibility index (Phi) is 2.64. The Morgan fingerprint density at radius 1 is 1.40 bits per heavy atom. The summed E-state index contributed by atoms with van der Waals surface area (Å²) in [6, 6.07) is 4.78. The third-order valence-electron chi connectivity index (χ3n) is 1.70. The molecule has 0 unspecified atom stereocenters. The average molecular weight is 223 g/mol. The molecule has 0 aromatic carbocycles. The molecule has 2 aromatic heterocycles. The highest BCUT2D eigenvalue weighted by atomic mass is 35.5. The van der Waals surface area contributed by atoms with Crippen molar-refractivity contribution in [2.45, 2.75) is 0 Å². The third kappa shape index (κ3) is 2.32. The van der Waals surface area contributed by atoms with Crippen LogP contribution in [0.4, 0.5) is 10.6 Å². The number of hydrogen-bond donors (Lipinski definition) is 1. The number of carbonyl (C=O) groups is 1. The van der Waals surface area contributed by atoms with Crippen molar-refractivity contribution in [1.29, 1.82) is 0 Å². The van der Waals surface area contributed by atoms with Crippen molar-refractivity contribution in [1.82, 2.24) is 14.5 Å². The highest BCUT2D eigenvalue weighted by Crippen LogP contribution is 2.06. The van der Waals surface area contributed by atoms with Crippen molar-refractivity contribution >= 4 is 23.4 Å². The van der Waals surface area contributed by atoms with Crippen molar-refractivity contribution in [3.05, 3.63) is 42.1 Å². The Labute approximate surface area is 90.7 Å². The molecule has 2 aromatic rings. The van der Waals surface area contributed by atoms with E-state index >= 15 is 0 Å². The van der Waals surface area contributed by atoms with Gasteiger partial charge in [0.05, 0.1) is 0 Å². The lowest BCUT2D eigenvalue weighted by Crippen LogP contribution is -2.18. The van der Waals surface area contributed by atoms with Crippen molar-refractivity contribution in [3.8, 4) is 0 Å². The molecule has 6 heteroatoms. The first-order valence-corrected chi connectivity index (χ1v) is 4.56. The average Bonchev–Trinajstić information content (AvgIpc) is 2.70. The number of hydrogen-bond acceptors (Lipinski definition) is 3. The minimum Gasteiger partial charge on any atom is -0.291 e. The molecule has 0 atom stereocenters. The first-order valence-electron chi connectivity index (χ1n) is 4.18. The lowest BCUT2D eigenvalue weighted by Gasteiger charge is -2.03. The number of amides is 1. The summed E-state index contributed by atoms with van der Waals surface area (Å²) in [6.07, 6.45) is 4.75. The molecule has 0 aliphatic heterocycles. The van der Waals surface area contributed by atoms with Crippen molar-refractivity contribution in [2.24, 2.45) is 0 Å². The molecule has 0 saturated heterocycles. The second-order valence-electron chi connectivity index (χ2n) is 2.73. The molecule has 2 heterocycles. The summed E-state index contributed by atoms with van der Waals surface area (Å²) < 4.78 is 1.40. The Morgan fingerprint density at radius 2 is 2.13 bits per heavy atom. The molecule has 76 valence electrons. The SMILES string of the molecule is O=C(Nc1ccnc(Cl)n1)n1cccc1. The summed E-state index contributed by atoms with van der Waals surface area (Å²) >= 11 is 5.57. The number of halogens is 1. The van der Waals surface area contributed by atoms with Gasteiger partial charge in [0.1, 0.15) is 5.82 Å². The zero-order valence-electron chi connectivity index (χ0n) is 7.59. The molecule has 0 bridgehead atoms. The Balaban J connectivity index is 2.13. The fraction of sp³-hybridized carbons (Fsp3) is 0. The molecule has 0 saturated carbocycles. The van der Waals surface area contributed by atoms with Gasteiger partial charge in [-0.2, -0.15) is 0 Å². The van der Waals surface area contributed by atoms with E-state index in [-0.39, 0.29) is 11.3 Å². The van der Waals surface area contributed by atoms with Crippen LogP contribution < -0.4 is 5.32 Å². The standard InChI is InChI=1S/C9H7ClN4O/c10-8-11-4-3-7(12-8)13-9(15)14-5-1-2-6-14/h1-6H,(H,11,12,13,15). The van der Waals surface area contributed by atoms with Crippen LogP contribution in [0.2, 0.25) is 5.28 Å². The van der Waals surface area contributed by atoms with Crippen molar-refractivity contribution < 1.29 is 4.79 Å². The van der Waals surface area contributed by atoms with Gasteiger partial charge in [-0.05, 0) is 29.8 Å². The fourth-order valence-corrected chi connectivity index (χ4v) is 1.20. The zero-order valence-corrected chi connectivity index (χ0v) is 8.35. The highest BCUT2D eigenvalue weighted by molar-refractivity contribution is 6.28. The van der Waals surface area contributed by atoms with E-state index in [2.05, 4.69) is 15.3 Å². The molecular weight excluding hydrogens is 216 g/mol. The van der Waals surface area contributed by atoms with E-state index in [1.807, 2.05) is 0 Å². The quantitative estimate of drug-likeness (QED) is 0.751. The van der Waals surface area contributed by atoms with Gasteiger partial charge in [-0.15, -0.1) is 0 Å². The van der Waals surface area contributed by atoms with Crippen molar-refractivity contribution in [2.75, 3.05) is 5.32 Å². The normalized spacial score (nSPS) is 9.93. The van der Waals surface area contributed by atoms with Crippen LogP contribution in [-0.4, -0.2) is 20.6 Å². The van der Waals surface area contributed by atoms with E-state index in [0.29, 0.717) is 5.82 Å².